The number of nitrogens with two attached hydrogens (primary N) is 1. The van der Waals surface area contributed by atoms with Crippen LogP contribution in [0.4, 0.5) is 5.82 Å². The number of anilines is 1. The van der Waals surface area contributed by atoms with Crippen molar-refractivity contribution in [1.82, 2.24) is 14.8 Å². The van der Waals surface area contributed by atoms with Gasteiger partial charge in [-0.05, 0) is 12.1 Å². The van der Waals surface area contributed by atoms with Gasteiger partial charge >= 0.3 is 11.7 Å². The molecule has 0 amide bonds. The predicted octanol–water partition coefficient (Wildman–Crippen LogP) is -1.30. The van der Waals surface area contributed by atoms with Crippen LogP contribution in [0.5, 0.6) is 0 Å². The standard InChI is InChI=1S/C15H16N4O6/c16-10-6-17-19(15(23)18-10)13-12(21)11(20)9(25-13)7-24-14(22)8-4-2-1-3-5-8/h1-6,9,11-13,20-21H,7H2,(H2,16,18,23)/t9-,11+,12-,13-/m1/s1. The summed E-state index contributed by atoms with van der Waals surface area (Å²) in [5, 5.41) is 23.9. The van der Waals surface area contributed by atoms with E-state index in [1.807, 2.05) is 0 Å². The lowest BCUT2D eigenvalue weighted by molar-refractivity contribution is -0.0657. The molecule has 4 N–H and O–H groups in total. The minimum Gasteiger partial charge on any atom is -0.459 e. The molecule has 25 heavy (non-hydrogen) atoms. The maximum atomic E-state index is 11.9. The van der Waals surface area contributed by atoms with E-state index in [1.165, 1.54) is 0 Å². The van der Waals surface area contributed by atoms with Gasteiger partial charge in [-0.25, -0.2) is 9.59 Å². The molecule has 10 heteroatoms. The van der Waals surface area contributed by atoms with Crippen LogP contribution in [0.25, 0.3) is 0 Å². The Bertz CT molecular complexity index is 811. The number of carbonyl (C=O) groups is 1. The highest BCUT2D eigenvalue weighted by molar-refractivity contribution is 5.89. The Labute approximate surface area is 141 Å². The molecule has 0 aliphatic carbocycles. The summed E-state index contributed by atoms with van der Waals surface area (Å²) in [6.07, 6.45) is -4.00. The molecule has 1 aliphatic rings. The summed E-state index contributed by atoms with van der Waals surface area (Å²) in [4.78, 5) is 27.2. The number of aromatic nitrogens is 3. The van der Waals surface area contributed by atoms with E-state index in [-0.39, 0.29) is 12.4 Å². The Morgan fingerprint density at radius 1 is 1.28 bits per heavy atom. The lowest BCUT2D eigenvalue weighted by atomic mass is 10.1. The molecule has 3 rings (SSSR count). The number of carbonyl (C=O) groups excluding carboxylic acids is 1. The van der Waals surface area contributed by atoms with Crippen molar-refractivity contribution in [3.63, 3.8) is 0 Å². The SMILES string of the molecule is Nc1cnn([C@@H]2O[C@H](COC(=O)c3ccccc3)[C@H](O)[C@H]2O)c(=O)n1. The number of aliphatic hydroxyl groups is 2. The van der Waals surface area contributed by atoms with Gasteiger partial charge in [-0.3, -0.25) is 0 Å². The third kappa shape index (κ3) is 3.50. The van der Waals surface area contributed by atoms with Gasteiger partial charge in [-0.2, -0.15) is 14.8 Å². The summed E-state index contributed by atoms with van der Waals surface area (Å²) < 4.78 is 11.3. The van der Waals surface area contributed by atoms with Gasteiger partial charge in [0.15, 0.2) is 6.23 Å². The van der Waals surface area contributed by atoms with Crippen LogP contribution in [0.3, 0.4) is 0 Å². The lowest BCUT2D eigenvalue weighted by Crippen LogP contribution is -2.37. The van der Waals surface area contributed by atoms with Crippen molar-refractivity contribution < 1.29 is 24.5 Å². The van der Waals surface area contributed by atoms with Crippen LogP contribution in [0, 0.1) is 0 Å². The van der Waals surface area contributed by atoms with Crippen LogP contribution >= 0.6 is 0 Å². The number of rotatable bonds is 4. The topological polar surface area (TPSA) is 150 Å². The molecule has 1 aliphatic heterocycles. The zero-order valence-corrected chi connectivity index (χ0v) is 12.9. The maximum absolute atomic E-state index is 11.9. The molecule has 0 bridgehead atoms. The van der Waals surface area contributed by atoms with E-state index in [1.54, 1.807) is 30.3 Å². The van der Waals surface area contributed by atoms with E-state index >= 15 is 0 Å². The Kier molecular flexibility index (Phi) is 4.74. The van der Waals surface area contributed by atoms with Gasteiger partial charge in [-0.15, -0.1) is 0 Å². The summed E-state index contributed by atoms with van der Waals surface area (Å²) in [6.45, 7) is -0.306. The van der Waals surface area contributed by atoms with E-state index in [4.69, 9.17) is 15.2 Å². The third-order valence-electron chi connectivity index (χ3n) is 3.70. The fraction of sp³-hybridized carbons (Fsp3) is 0.333. The van der Waals surface area contributed by atoms with Crippen LogP contribution in [-0.2, 0) is 9.47 Å². The van der Waals surface area contributed by atoms with Crippen LogP contribution in [0.1, 0.15) is 16.6 Å². The normalized spacial score (nSPS) is 25.7. The number of esters is 1. The second-order valence-electron chi connectivity index (χ2n) is 5.42. The van der Waals surface area contributed by atoms with E-state index in [0.29, 0.717) is 5.56 Å². The number of hydrogen-bond donors (Lipinski definition) is 3. The number of benzene rings is 1. The fourth-order valence-corrected chi connectivity index (χ4v) is 2.42. The predicted molar refractivity (Wildman–Crippen MR) is 83.4 cm³/mol. The van der Waals surface area contributed by atoms with Gasteiger partial charge < -0.3 is 25.4 Å². The summed E-state index contributed by atoms with van der Waals surface area (Å²) in [5.41, 5.74) is 4.86. The molecule has 0 unspecified atom stereocenters. The van der Waals surface area contributed by atoms with Crippen LogP contribution in [-0.4, -0.2) is 55.9 Å². The molecular formula is C15H16N4O6. The largest absolute Gasteiger partial charge is 0.459 e. The van der Waals surface area contributed by atoms with Crippen molar-refractivity contribution in [2.24, 2.45) is 0 Å². The Balaban J connectivity index is 1.68. The van der Waals surface area contributed by atoms with E-state index < -0.39 is 36.2 Å². The summed E-state index contributed by atoms with van der Waals surface area (Å²) >= 11 is 0. The average Bonchev–Trinajstić information content (AvgIpc) is 2.89. The van der Waals surface area contributed by atoms with Gasteiger partial charge in [0.25, 0.3) is 0 Å². The van der Waals surface area contributed by atoms with Crippen molar-refractivity contribution in [2.75, 3.05) is 12.3 Å². The molecular weight excluding hydrogens is 332 g/mol. The first-order valence-corrected chi connectivity index (χ1v) is 7.42. The highest BCUT2D eigenvalue weighted by Gasteiger charge is 2.45. The number of nitrogens with zero attached hydrogens (tertiary/aromatic N) is 3. The Morgan fingerprint density at radius 3 is 2.68 bits per heavy atom. The summed E-state index contributed by atoms with van der Waals surface area (Å²) in [6, 6.07) is 8.28. The monoisotopic (exact) mass is 348 g/mol. The van der Waals surface area contributed by atoms with Crippen molar-refractivity contribution in [2.45, 2.75) is 24.5 Å². The van der Waals surface area contributed by atoms with Crippen LogP contribution < -0.4 is 11.4 Å². The van der Waals surface area contributed by atoms with Crippen molar-refractivity contribution in [1.29, 1.82) is 0 Å². The van der Waals surface area contributed by atoms with Gasteiger partial charge in [0.2, 0.25) is 0 Å². The number of ether oxygens (including phenoxy) is 2. The molecule has 1 aromatic heterocycles. The van der Waals surface area contributed by atoms with Gasteiger partial charge in [0.05, 0.1) is 11.8 Å². The Morgan fingerprint density at radius 2 is 2.00 bits per heavy atom. The first-order valence-electron chi connectivity index (χ1n) is 7.42. The Hall–Kier alpha value is -2.82. The number of aliphatic hydroxyl groups excluding tert-OH is 2. The zero-order valence-electron chi connectivity index (χ0n) is 12.9. The molecule has 2 heterocycles. The van der Waals surface area contributed by atoms with Gasteiger partial charge in [0.1, 0.15) is 30.7 Å². The lowest BCUT2D eigenvalue weighted by Gasteiger charge is -2.15. The molecule has 0 saturated carbocycles. The molecule has 1 saturated heterocycles. The molecule has 0 radical (unpaired) electrons. The van der Waals surface area contributed by atoms with Gasteiger partial charge in [0, 0.05) is 0 Å². The van der Waals surface area contributed by atoms with Crippen LogP contribution in [0.2, 0.25) is 0 Å². The first kappa shape index (κ1) is 17.0. The second-order valence-corrected chi connectivity index (χ2v) is 5.42. The van der Waals surface area contributed by atoms with Crippen molar-refractivity contribution in [3.8, 4) is 0 Å². The van der Waals surface area contributed by atoms with Crippen LogP contribution in [0.15, 0.2) is 41.3 Å². The summed E-state index contributed by atoms with van der Waals surface area (Å²) in [5.74, 6) is -0.679. The molecule has 10 nitrogen and oxygen atoms in total. The summed E-state index contributed by atoms with van der Waals surface area (Å²) in [7, 11) is 0. The molecule has 0 spiro atoms. The molecule has 2 aromatic rings. The minimum absolute atomic E-state index is 0.0809. The molecule has 4 atom stereocenters. The molecule has 1 fully saturated rings. The minimum atomic E-state index is -1.45. The van der Waals surface area contributed by atoms with Gasteiger partial charge in [-0.1, -0.05) is 18.2 Å². The first-order chi connectivity index (χ1) is 12.0. The molecule has 1 aromatic carbocycles. The number of nitrogen functional groups attached to an aromatic ring is 1. The van der Waals surface area contributed by atoms with Crippen molar-refractivity contribution in [3.05, 3.63) is 52.6 Å². The highest BCUT2D eigenvalue weighted by atomic mass is 16.6. The smallest absolute Gasteiger partial charge is 0.368 e. The van der Waals surface area contributed by atoms with E-state index in [0.717, 1.165) is 10.9 Å². The van der Waals surface area contributed by atoms with E-state index in [2.05, 4.69) is 10.1 Å². The number of hydrogen-bond acceptors (Lipinski definition) is 9. The third-order valence-corrected chi connectivity index (χ3v) is 3.70. The highest BCUT2D eigenvalue weighted by Crippen LogP contribution is 2.28. The van der Waals surface area contributed by atoms with E-state index in [9.17, 15) is 19.8 Å². The average molecular weight is 348 g/mol. The van der Waals surface area contributed by atoms with Crippen molar-refractivity contribution >= 4 is 11.8 Å². The second kappa shape index (κ2) is 6.97. The molecule has 132 valence electrons. The maximum Gasteiger partial charge on any atom is 0.368 e. The quantitative estimate of drug-likeness (QED) is 0.573. The zero-order chi connectivity index (χ0) is 18.0. The fourth-order valence-electron chi connectivity index (χ4n) is 2.42.